The first kappa shape index (κ1) is 59.7. The summed E-state index contributed by atoms with van der Waals surface area (Å²) in [7, 11) is -4.30. The second kappa shape index (κ2) is 49.7. The van der Waals surface area contributed by atoms with Gasteiger partial charge >= 0.3 is 13.8 Å². The number of phosphoric ester groups is 1. The molecule has 62 heavy (non-hydrogen) atoms. The van der Waals surface area contributed by atoms with Gasteiger partial charge in [-0.25, -0.2) is 4.57 Å². The van der Waals surface area contributed by atoms with Crippen molar-refractivity contribution < 1.29 is 32.8 Å². The molecule has 0 bridgehead atoms. The molecular formula is C53H94NO7P. The summed E-state index contributed by atoms with van der Waals surface area (Å²) in [6.07, 6.45) is 64.7. The summed E-state index contributed by atoms with van der Waals surface area (Å²) >= 11 is 0. The number of hydrogen-bond donors (Lipinski definition) is 2. The van der Waals surface area contributed by atoms with Crippen LogP contribution in [0.2, 0.25) is 0 Å². The number of nitrogens with two attached hydrogens (primary N) is 1. The van der Waals surface area contributed by atoms with E-state index in [1.165, 1.54) is 96.3 Å². The molecule has 0 aliphatic heterocycles. The van der Waals surface area contributed by atoms with Crippen LogP contribution >= 0.6 is 7.82 Å². The maximum Gasteiger partial charge on any atom is 0.472 e. The number of rotatable bonds is 47. The molecule has 0 fully saturated rings. The lowest BCUT2D eigenvalue weighted by molar-refractivity contribution is -0.154. The van der Waals surface area contributed by atoms with Gasteiger partial charge in [0.2, 0.25) is 0 Å². The first-order chi connectivity index (χ1) is 30.4. The third-order valence-corrected chi connectivity index (χ3v) is 11.3. The minimum atomic E-state index is -4.30. The third-order valence-electron chi connectivity index (χ3n) is 10.3. The van der Waals surface area contributed by atoms with E-state index in [-0.39, 0.29) is 32.3 Å². The number of ether oxygens (including phenoxy) is 2. The number of carbonyl (C=O) groups excluding carboxylic acids is 1. The van der Waals surface area contributed by atoms with Gasteiger partial charge in [-0.3, -0.25) is 13.8 Å². The minimum Gasteiger partial charge on any atom is -0.457 e. The molecule has 0 aliphatic carbocycles. The molecule has 8 nitrogen and oxygen atoms in total. The van der Waals surface area contributed by atoms with Crippen LogP contribution in [0.5, 0.6) is 0 Å². The third kappa shape index (κ3) is 48.7. The highest BCUT2D eigenvalue weighted by Crippen LogP contribution is 2.43. The van der Waals surface area contributed by atoms with Gasteiger partial charge in [0.1, 0.15) is 6.10 Å². The number of allylic oxidation sites excluding steroid dienone is 14. The normalized spacial score (nSPS) is 14.1. The Balaban J connectivity index is 4.02. The molecule has 0 saturated carbocycles. The molecule has 0 saturated heterocycles. The van der Waals surface area contributed by atoms with Crippen LogP contribution in [0.3, 0.4) is 0 Å². The van der Waals surface area contributed by atoms with E-state index in [1.54, 1.807) is 0 Å². The van der Waals surface area contributed by atoms with E-state index < -0.39 is 13.9 Å². The van der Waals surface area contributed by atoms with Crippen LogP contribution in [0.1, 0.15) is 206 Å². The zero-order valence-electron chi connectivity index (χ0n) is 39.8. The Labute approximate surface area is 381 Å². The van der Waals surface area contributed by atoms with Gasteiger partial charge in [0.15, 0.2) is 0 Å². The number of esters is 1. The summed E-state index contributed by atoms with van der Waals surface area (Å²) in [6, 6.07) is 0. The van der Waals surface area contributed by atoms with E-state index in [2.05, 4.69) is 98.9 Å². The Morgan fingerprint density at radius 1 is 0.500 bits per heavy atom. The molecule has 9 heteroatoms. The molecule has 0 radical (unpaired) electrons. The predicted octanol–water partition coefficient (Wildman–Crippen LogP) is 15.6. The summed E-state index contributed by atoms with van der Waals surface area (Å²) in [4.78, 5) is 22.6. The van der Waals surface area contributed by atoms with Crippen molar-refractivity contribution in [2.75, 3.05) is 33.0 Å². The largest absolute Gasteiger partial charge is 0.472 e. The van der Waals surface area contributed by atoms with E-state index >= 15 is 0 Å². The minimum absolute atomic E-state index is 0.0913. The van der Waals surface area contributed by atoms with E-state index in [1.807, 2.05) is 0 Å². The molecule has 0 aromatic heterocycles. The summed E-state index contributed by atoms with van der Waals surface area (Å²) in [5.41, 5.74) is 5.38. The molecule has 0 aromatic rings. The van der Waals surface area contributed by atoms with Crippen molar-refractivity contribution in [3.8, 4) is 0 Å². The second-order valence-corrected chi connectivity index (χ2v) is 17.7. The van der Waals surface area contributed by atoms with Gasteiger partial charge in [-0.1, -0.05) is 195 Å². The SMILES string of the molecule is CC/C=C\C/C=C\C/C=C\C/C=C\C/C=C\CCCCCCOCC(COP(=O)(O)OCCN)OC(=O)CCCCCCCCCCCCC/C=C\C/C=C\CCCCCCC. The standard InChI is InChI=1S/C53H94NO7P/c1-3-5-7-9-11-13-15-17-19-21-23-25-26-27-28-30-32-34-36-38-40-42-44-46-53(55)61-52(51-60-62(56,57)59-49-47-54)50-58-48-45-43-41-39-37-35-33-31-29-24-22-20-18-16-14-12-10-8-6-4-2/h6,8,12,14-15,17-18,20-21,23-24,29,33,35,52H,3-5,7,9-11,13,16,19,22,25-28,30-32,34,36-51,54H2,1-2H3,(H,56,57)/b8-6-,14-12-,17-15-,20-18-,23-21-,29-24-,35-33-. The fourth-order valence-corrected chi connectivity index (χ4v) is 7.41. The van der Waals surface area contributed by atoms with Gasteiger partial charge in [0.05, 0.1) is 19.8 Å². The average molecular weight is 888 g/mol. The zero-order valence-corrected chi connectivity index (χ0v) is 40.7. The lowest BCUT2D eigenvalue weighted by Gasteiger charge is -2.20. The van der Waals surface area contributed by atoms with E-state index in [0.717, 1.165) is 89.9 Å². The maximum absolute atomic E-state index is 12.7. The fourth-order valence-electron chi connectivity index (χ4n) is 6.64. The Hall–Kier alpha value is -2.32. The van der Waals surface area contributed by atoms with Crippen LogP contribution in [0, 0.1) is 0 Å². The van der Waals surface area contributed by atoms with Gasteiger partial charge in [0, 0.05) is 19.6 Å². The summed E-state index contributed by atoms with van der Waals surface area (Å²) in [6.45, 7) is 4.73. The fraction of sp³-hybridized carbons (Fsp3) is 0.717. The lowest BCUT2D eigenvalue weighted by Crippen LogP contribution is -2.28. The quantitative estimate of drug-likeness (QED) is 0.0269. The van der Waals surface area contributed by atoms with Crippen LogP contribution in [-0.2, 0) is 27.9 Å². The van der Waals surface area contributed by atoms with Crippen LogP contribution < -0.4 is 5.73 Å². The molecular weight excluding hydrogens is 794 g/mol. The molecule has 0 amide bonds. The predicted molar refractivity (Wildman–Crippen MR) is 265 cm³/mol. The molecule has 0 aromatic carbocycles. The zero-order chi connectivity index (χ0) is 45.1. The highest BCUT2D eigenvalue weighted by atomic mass is 31.2. The number of phosphoric acid groups is 1. The van der Waals surface area contributed by atoms with Gasteiger partial charge < -0.3 is 20.1 Å². The van der Waals surface area contributed by atoms with Gasteiger partial charge in [0.25, 0.3) is 0 Å². The average Bonchev–Trinajstić information content (AvgIpc) is 3.26. The molecule has 2 atom stereocenters. The summed E-state index contributed by atoms with van der Waals surface area (Å²) < 4.78 is 33.5. The van der Waals surface area contributed by atoms with E-state index in [0.29, 0.717) is 13.0 Å². The molecule has 0 spiro atoms. The monoisotopic (exact) mass is 888 g/mol. The number of hydrogen-bond acceptors (Lipinski definition) is 7. The number of unbranched alkanes of at least 4 members (excludes halogenated alkanes) is 20. The van der Waals surface area contributed by atoms with Gasteiger partial charge in [-0.2, -0.15) is 0 Å². The Kier molecular flexibility index (Phi) is 47.8. The molecule has 0 heterocycles. The van der Waals surface area contributed by atoms with Crippen molar-refractivity contribution in [3.63, 3.8) is 0 Å². The summed E-state index contributed by atoms with van der Waals surface area (Å²) in [5.74, 6) is -0.344. The molecule has 0 aliphatic rings. The van der Waals surface area contributed by atoms with Crippen molar-refractivity contribution in [1.82, 2.24) is 0 Å². The van der Waals surface area contributed by atoms with Crippen molar-refractivity contribution in [2.45, 2.75) is 213 Å². The van der Waals surface area contributed by atoms with Crippen LogP contribution in [0.4, 0.5) is 0 Å². The van der Waals surface area contributed by atoms with Crippen molar-refractivity contribution in [2.24, 2.45) is 5.73 Å². The van der Waals surface area contributed by atoms with Gasteiger partial charge in [-0.15, -0.1) is 0 Å². The van der Waals surface area contributed by atoms with Crippen LogP contribution in [0.15, 0.2) is 85.1 Å². The topological polar surface area (TPSA) is 117 Å². The highest BCUT2D eigenvalue weighted by molar-refractivity contribution is 7.47. The number of carbonyl (C=O) groups is 1. The van der Waals surface area contributed by atoms with Crippen LogP contribution in [-0.4, -0.2) is 49.9 Å². The lowest BCUT2D eigenvalue weighted by atomic mass is 10.0. The first-order valence-corrected chi connectivity index (χ1v) is 26.6. The Bertz CT molecular complexity index is 1220. The molecule has 3 N–H and O–H groups in total. The molecule has 358 valence electrons. The van der Waals surface area contributed by atoms with Crippen molar-refractivity contribution >= 4 is 13.8 Å². The maximum atomic E-state index is 12.7. The van der Waals surface area contributed by atoms with Crippen molar-refractivity contribution in [3.05, 3.63) is 85.1 Å². The van der Waals surface area contributed by atoms with E-state index in [4.69, 9.17) is 24.3 Å². The molecule has 2 unspecified atom stereocenters. The summed E-state index contributed by atoms with van der Waals surface area (Å²) in [5, 5.41) is 0. The Morgan fingerprint density at radius 2 is 0.903 bits per heavy atom. The highest BCUT2D eigenvalue weighted by Gasteiger charge is 2.25. The first-order valence-electron chi connectivity index (χ1n) is 25.1. The van der Waals surface area contributed by atoms with Gasteiger partial charge in [-0.05, 0) is 89.9 Å². The van der Waals surface area contributed by atoms with Crippen LogP contribution in [0.25, 0.3) is 0 Å². The van der Waals surface area contributed by atoms with E-state index in [9.17, 15) is 14.3 Å². The second-order valence-electron chi connectivity index (χ2n) is 16.3. The molecule has 0 rings (SSSR count). The Morgan fingerprint density at radius 3 is 1.35 bits per heavy atom. The smallest absolute Gasteiger partial charge is 0.457 e. The van der Waals surface area contributed by atoms with Crippen molar-refractivity contribution in [1.29, 1.82) is 0 Å².